The van der Waals surface area contributed by atoms with E-state index in [0.717, 1.165) is 79.4 Å². The minimum Gasteiger partial charge on any atom is -0.381 e. The number of rotatable bonds is 6. The van der Waals surface area contributed by atoms with Crippen LogP contribution in [0, 0.1) is 6.92 Å². The summed E-state index contributed by atoms with van der Waals surface area (Å²) in [5.41, 5.74) is 1.89. The Morgan fingerprint density at radius 2 is 1.89 bits per heavy atom. The van der Waals surface area contributed by atoms with Crippen molar-refractivity contribution in [2.75, 3.05) is 50.0 Å². The van der Waals surface area contributed by atoms with Crippen molar-refractivity contribution in [2.24, 2.45) is 0 Å². The minimum atomic E-state index is 0.389. The van der Waals surface area contributed by atoms with Gasteiger partial charge in [-0.2, -0.15) is 19.4 Å². The highest BCUT2D eigenvalue weighted by Crippen LogP contribution is 2.32. The molecule has 3 aromatic rings. The van der Waals surface area contributed by atoms with Crippen molar-refractivity contribution in [3.8, 4) is 0 Å². The Labute approximate surface area is 216 Å². The summed E-state index contributed by atoms with van der Waals surface area (Å²) in [7, 11) is 0. The molecule has 0 radical (unpaired) electrons. The molecule has 0 unspecified atom stereocenters. The summed E-state index contributed by atoms with van der Waals surface area (Å²) in [5, 5.41) is 16.3. The molecule has 0 atom stereocenters. The second-order valence-corrected chi connectivity index (χ2v) is 11.1. The number of fused-ring (bicyclic) bond motifs is 1. The second kappa shape index (κ2) is 11.0. The predicted molar refractivity (Wildman–Crippen MR) is 143 cm³/mol. The molecule has 36 heavy (non-hydrogen) atoms. The van der Waals surface area contributed by atoms with E-state index in [1.165, 1.54) is 43.9 Å². The summed E-state index contributed by atoms with van der Waals surface area (Å²) in [6.45, 7) is 8.30. The number of hydrogen-bond acceptors (Lipinski definition) is 10. The SMILES string of the molecule is Cc1nsc2nc(Nc3cnn(C4CCOCC4)c3)nc(NC3CCC(N4CCCNCC4)CC3)c12. The van der Waals surface area contributed by atoms with Crippen molar-refractivity contribution in [3.63, 3.8) is 0 Å². The number of aromatic nitrogens is 5. The van der Waals surface area contributed by atoms with Crippen LogP contribution in [0.2, 0.25) is 0 Å². The lowest BCUT2D eigenvalue weighted by atomic mass is 9.90. The first-order valence-electron chi connectivity index (χ1n) is 13.5. The Kier molecular flexibility index (Phi) is 7.31. The Bertz CT molecular complexity index is 1140. The molecule has 5 heterocycles. The van der Waals surface area contributed by atoms with Crippen molar-refractivity contribution < 1.29 is 4.74 Å². The normalized spacial score (nSPS) is 24.6. The van der Waals surface area contributed by atoms with Gasteiger partial charge in [-0.3, -0.25) is 9.58 Å². The van der Waals surface area contributed by atoms with Gasteiger partial charge in [0.1, 0.15) is 5.82 Å². The first-order chi connectivity index (χ1) is 17.7. The molecular weight excluding hydrogens is 474 g/mol. The fourth-order valence-corrected chi connectivity index (χ4v) is 6.62. The monoisotopic (exact) mass is 511 g/mol. The lowest BCUT2D eigenvalue weighted by molar-refractivity contribution is 0.0662. The van der Waals surface area contributed by atoms with Gasteiger partial charge in [-0.25, -0.2) is 0 Å². The van der Waals surface area contributed by atoms with E-state index in [0.29, 0.717) is 24.1 Å². The van der Waals surface area contributed by atoms with E-state index in [2.05, 4.69) is 30.3 Å². The molecule has 194 valence electrons. The number of ether oxygens (including phenoxy) is 1. The van der Waals surface area contributed by atoms with E-state index in [1.807, 2.05) is 24.0 Å². The standard InChI is InChI=1S/C25H37N9OS/c1-17-22-23(28-18-3-5-20(6-4-18)33-11-2-9-26-10-12-33)30-25(31-24(22)36-32-17)29-19-15-27-34(16-19)21-7-13-35-14-8-21/h15-16,18,20-21,26H,2-14H2,1H3,(H2,28,29,30,31). The average molecular weight is 512 g/mol. The maximum absolute atomic E-state index is 5.49. The quantitative estimate of drug-likeness (QED) is 0.457. The number of nitrogens with one attached hydrogen (secondary N) is 3. The summed E-state index contributed by atoms with van der Waals surface area (Å²) in [5.74, 6) is 1.49. The maximum atomic E-state index is 5.49. The van der Waals surface area contributed by atoms with E-state index in [9.17, 15) is 0 Å². The largest absolute Gasteiger partial charge is 0.381 e. The van der Waals surface area contributed by atoms with Crippen LogP contribution in [0.15, 0.2) is 12.4 Å². The van der Waals surface area contributed by atoms with Crippen LogP contribution in [0.1, 0.15) is 56.7 Å². The van der Waals surface area contributed by atoms with E-state index in [-0.39, 0.29) is 0 Å². The third-order valence-corrected chi connectivity index (χ3v) is 8.69. The van der Waals surface area contributed by atoms with Gasteiger partial charge >= 0.3 is 0 Å². The zero-order valence-corrected chi connectivity index (χ0v) is 21.9. The Morgan fingerprint density at radius 3 is 2.75 bits per heavy atom. The van der Waals surface area contributed by atoms with Crippen LogP contribution in [0.4, 0.5) is 17.5 Å². The van der Waals surface area contributed by atoms with E-state index in [4.69, 9.17) is 14.7 Å². The molecule has 0 amide bonds. The van der Waals surface area contributed by atoms with Crippen molar-refractivity contribution in [1.29, 1.82) is 0 Å². The second-order valence-electron chi connectivity index (χ2n) is 10.3. The molecule has 10 nitrogen and oxygen atoms in total. The van der Waals surface area contributed by atoms with Crippen LogP contribution >= 0.6 is 11.5 Å². The van der Waals surface area contributed by atoms with Gasteiger partial charge in [0.2, 0.25) is 5.95 Å². The van der Waals surface area contributed by atoms with Gasteiger partial charge in [0.15, 0.2) is 4.83 Å². The van der Waals surface area contributed by atoms with E-state index >= 15 is 0 Å². The van der Waals surface area contributed by atoms with Crippen molar-refractivity contribution in [3.05, 3.63) is 18.1 Å². The molecular formula is C25H37N9OS. The maximum Gasteiger partial charge on any atom is 0.230 e. The third kappa shape index (κ3) is 5.34. The topological polar surface area (TPSA) is 105 Å². The first kappa shape index (κ1) is 24.0. The smallest absolute Gasteiger partial charge is 0.230 e. The van der Waals surface area contributed by atoms with Gasteiger partial charge in [-0.15, -0.1) is 0 Å². The lowest BCUT2D eigenvalue weighted by Gasteiger charge is -2.36. The van der Waals surface area contributed by atoms with Crippen LogP contribution in [-0.2, 0) is 4.74 Å². The summed E-state index contributed by atoms with van der Waals surface area (Å²) >= 11 is 1.44. The van der Waals surface area contributed by atoms with Gasteiger partial charge in [-0.1, -0.05) is 0 Å². The van der Waals surface area contributed by atoms with Gasteiger partial charge < -0.3 is 20.7 Å². The minimum absolute atomic E-state index is 0.389. The van der Waals surface area contributed by atoms with Crippen LogP contribution in [0.25, 0.3) is 10.2 Å². The molecule has 0 aromatic carbocycles. The van der Waals surface area contributed by atoms with Crippen molar-refractivity contribution >= 4 is 39.2 Å². The van der Waals surface area contributed by atoms with Gasteiger partial charge in [-0.05, 0) is 76.5 Å². The molecule has 1 saturated carbocycles. The molecule has 6 rings (SSSR count). The zero-order chi connectivity index (χ0) is 24.3. The van der Waals surface area contributed by atoms with Crippen LogP contribution < -0.4 is 16.0 Å². The summed E-state index contributed by atoms with van der Waals surface area (Å²) in [6.07, 6.45) is 12.0. The summed E-state index contributed by atoms with van der Waals surface area (Å²) in [4.78, 5) is 13.3. The first-order valence-corrected chi connectivity index (χ1v) is 14.2. The predicted octanol–water partition coefficient (Wildman–Crippen LogP) is 3.70. The van der Waals surface area contributed by atoms with Gasteiger partial charge in [0.25, 0.3) is 0 Å². The Morgan fingerprint density at radius 1 is 1.03 bits per heavy atom. The molecule has 0 spiro atoms. The zero-order valence-electron chi connectivity index (χ0n) is 21.1. The van der Waals surface area contributed by atoms with E-state index in [1.54, 1.807) is 0 Å². The van der Waals surface area contributed by atoms with Crippen molar-refractivity contribution in [1.82, 2.24) is 34.3 Å². The number of hydrogen-bond donors (Lipinski definition) is 3. The summed E-state index contributed by atoms with van der Waals surface area (Å²) in [6, 6.07) is 1.52. The molecule has 3 fully saturated rings. The highest BCUT2D eigenvalue weighted by molar-refractivity contribution is 7.13. The highest BCUT2D eigenvalue weighted by Gasteiger charge is 2.27. The van der Waals surface area contributed by atoms with Crippen molar-refractivity contribution in [2.45, 2.75) is 70.0 Å². The number of nitrogens with zero attached hydrogens (tertiary/aromatic N) is 6. The average Bonchev–Trinajstić information content (AvgIpc) is 3.42. The lowest BCUT2D eigenvalue weighted by Crippen LogP contribution is -2.42. The number of anilines is 3. The molecule has 3 aromatic heterocycles. The molecule has 0 bridgehead atoms. The van der Waals surface area contributed by atoms with Crippen LogP contribution in [-0.4, -0.2) is 80.5 Å². The Hall–Kier alpha value is -2.34. The molecule has 3 N–H and O–H groups in total. The van der Waals surface area contributed by atoms with Crippen LogP contribution in [0.5, 0.6) is 0 Å². The highest BCUT2D eigenvalue weighted by atomic mass is 32.1. The third-order valence-electron chi connectivity index (χ3n) is 7.86. The number of aryl methyl sites for hydroxylation is 1. The summed E-state index contributed by atoms with van der Waals surface area (Å²) < 4.78 is 12.1. The van der Waals surface area contributed by atoms with Gasteiger partial charge in [0.05, 0.1) is 29.0 Å². The molecule has 3 aliphatic rings. The molecule has 11 heteroatoms. The Balaban J connectivity index is 1.14. The fraction of sp³-hybridized carbons (Fsp3) is 0.680. The molecule has 1 aliphatic carbocycles. The van der Waals surface area contributed by atoms with Crippen LogP contribution in [0.3, 0.4) is 0 Å². The fourth-order valence-electron chi connectivity index (χ4n) is 5.84. The van der Waals surface area contributed by atoms with Gasteiger partial charge in [0, 0.05) is 44.6 Å². The van der Waals surface area contributed by atoms with E-state index < -0.39 is 0 Å². The molecule has 2 saturated heterocycles. The molecule has 2 aliphatic heterocycles.